The van der Waals surface area contributed by atoms with Gasteiger partial charge in [-0.05, 0) is 54.8 Å². The molecule has 0 unspecified atom stereocenters. The van der Waals surface area contributed by atoms with Gasteiger partial charge in [-0.3, -0.25) is 9.52 Å². The number of carbonyl (C=O) groups excluding carboxylic acids is 1. The normalized spacial score (nSPS) is 13.6. The van der Waals surface area contributed by atoms with Crippen molar-refractivity contribution in [2.24, 2.45) is 0 Å². The molecule has 1 heterocycles. The number of aryl methyl sites for hydroxylation is 2. The minimum Gasteiger partial charge on any atom is -0.325 e. The Hall–Kier alpha value is -2.34. The first-order chi connectivity index (χ1) is 10.3. The predicted octanol–water partition coefficient (Wildman–Crippen LogP) is 2.60. The molecule has 0 saturated heterocycles. The molecule has 0 atom stereocenters. The van der Waals surface area contributed by atoms with E-state index in [1.165, 1.54) is 12.1 Å². The van der Waals surface area contributed by atoms with E-state index < -0.39 is 10.0 Å². The van der Waals surface area contributed by atoms with E-state index >= 15 is 0 Å². The molecule has 22 heavy (non-hydrogen) atoms. The third-order valence-corrected chi connectivity index (χ3v) is 5.15. The molecule has 0 radical (unpaired) electrons. The SMILES string of the molecule is Cc1ccc(NS(=O)(=O)c2ccc3c(c2)NC(=O)C3)cc1C. The summed E-state index contributed by atoms with van der Waals surface area (Å²) in [5.74, 6) is -0.119. The molecule has 1 aliphatic rings. The molecule has 3 rings (SSSR count). The van der Waals surface area contributed by atoms with E-state index in [2.05, 4.69) is 10.0 Å². The molecular formula is C16H16N2O3S. The van der Waals surface area contributed by atoms with Crippen molar-refractivity contribution < 1.29 is 13.2 Å². The van der Waals surface area contributed by atoms with Gasteiger partial charge < -0.3 is 5.32 Å². The molecule has 0 aliphatic carbocycles. The Kier molecular flexibility index (Phi) is 3.41. The summed E-state index contributed by atoms with van der Waals surface area (Å²) in [7, 11) is -3.68. The van der Waals surface area contributed by atoms with E-state index in [-0.39, 0.29) is 10.8 Å². The maximum atomic E-state index is 12.5. The van der Waals surface area contributed by atoms with Gasteiger partial charge in [-0.15, -0.1) is 0 Å². The Bertz CT molecular complexity index is 873. The van der Waals surface area contributed by atoms with Gasteiger partial charge in [0.05, 0.1) is 11.3 Å². The summed E-state index contributed by atoms with van der Waals surface area (Å²) in [6, 6.07) is 10.1. The fraction of sp³-hybridized carbons (Fsp3) is 0.188. The van der Waals surface area contributed by atoms with Gasteiger partial charge in [0.15, 0.2) is 0 Å². The van der Waals surface area contributed by atoms with Crippen molar-refractivity contribution in [2.45, 2.75) is 25.2 Å². The van der Waals surface area contributed by atoms with Crippen LogP contribution in [0.5, 0.6) is 0 Å². The zero-order valence-corrected chi connectivity index (χ0v) is 13.1. The zero-order valence-electron chi connectivity index (χ0n) is 12.3. The summed E-state index contributed by atoms with van der Waals surface area (Å²) in [5, 5.41) is 2.66. The number of hydrogen-bond donors (Lipinski definition) is 2. The fourth-order valence-corrected chi connectivity index (χ4v) is 3.45. The second-order valence-electron chi connectivity index (χ2n) is 5.45. The predicted molar refractivity (Wildman–Crippen MR) is 85.5 cm³/mol. The van der Waals surface area contributed by atoms with Crippen molar-refractivity contribution in [2.75, 3.05) is 10.0 Å². The van der Waals surface area contributed by atoms with Crippen molar-refractivity contribution in [1.82, 2.24) is 0 Å². The van der Waals surface area contributed by atoms with Crippen molar-refractivity contribution in [3.05, 3.63) is 53.1 Å². The molecule has 2 aromatic carbocycles. The molecule has 5 nitrogen and oxygen atoms in total. The van der Waals surface area contributed by atoms with E-state index in [1.54, 1.807) is 18.2 Å². The first-order valence-electron chi connectivity index (χ1n) is 6.88. The van der Waals surface area contributed by atoms with Crippen LogP contribution in [0.4, 0.5) is 11.4 Å². The van der Waals surface area contributed by atoms with Crippen molar-refractivity contribution >= 4 is 27.3 Å². The molecule has 2 N–H and O–H groups in total. The molecule has 0 bridgehead atoms. The van der Waals surface area contributed by atoms with Crippen LogP contribution < -0.4 is 10.0 Å². The average Bonchev–Trinajstić information content (AvgIpc) is 2.81. The second-order valence-corrected chi connectivity index (χ2v) is 7.13. The Balaban J connectivity index is 1.92. The highest BCUT2D eigenvalue weighted by atomic mass is 32.2. The number of amides is 1. The molecule has 2 aromatic rings. The average molecular weight is 316 g/mol. The Morgan fingerprint density at radius 3 is 2.55 bits per heavy atom. The first-order valence-corrected chi connectivity index (χ1v) is 8.36. The van der Waals surface area contributed by atoms with Gasteiger partial charge >= 0.3 is 0 Å². The maximum Gasteiger partial charge on any atom is 0.261 e. The second kappa shape index (κ2) is 5.14. The highest BCUT2D eigenvalue weighted by Crippen LogP contribution is 2.27. The monoisotopic (exact) mass is 316 g/mol. The number of rotatable bonds is 3. The van der Waals surface area contributed by atoms with Crippen molar-refractivity contribution in [3.8, 4) is 0 Å². The zero-order chi connectivity index (χ0) is 15.9. The van der Waals surface area contributed by atoms with Gasteiger partial charge in [-0.2, -0.15) is 0 Å². The summed E-state index contributed by atoms with van der Waals surface area (Å²) in [6.07, 6.45) is 0.292. The Morgan fingerprint density at radius 2 is 1.82 bits per heavy atom. The molecule has 114 valence electrons. The van der Waals surface area contributed by atoms with Gasteiger partial charge in [0.2, 0.25) is 5.91 Å². The molecule has 6 heteroatoms. The van der Waals surface area contributed by atoms with Crippen LogP contribution in [0.2, 0.25) is 0 Å². The minimum absolute atomic E-state index is 0.119. The highest BCUT2D eigenvalue weighted by molar-refractivity contribution is 7.92. The van der Waals surface area contributed by atoms with Gasteiger partial charge in [0.1, 0.15) is 0 Å². The van der Waals surface area contributed by atoms with Gasteiger partial charge in [-0.25, -0.2) is 8.42 Å². The van der Waals surface area contributed by atoms with Crippen molar-refractivity contribution in [3.63, 3.8) is 0 Å². The van der Waals surface area contributed by atoms with Crippen LogP contribution in [0.1, 0.15) is 16.7 Å². The smallest absolute Gasteiger partial charge is 0.261 e. The molecule has 0 aromatic heterocycles. The Morgan fingerprint density at radius 1 is 1.05 bits per heavy atom. The lowest BCUT2D eigenvalue weighted by Gasteiger charge is -2.11. The van der Waals surface area contributed by atoms with E-state index in [0.29, 0.717) is 17.8 Å². The van der Waals surface area contributed by atoms with Crippen LogP contribution in [-0.4, -0.2) is 14.3 Å². The van der Waals surface area contributed by atoms with Crippen LogP contribution in [0.15, 0.2) is 41.3 Å². The van der Waals surface area contributed by atoms with Gasteiger partial charge in [-0.1, -0.05) is 12.1 Å². The summed E-state index contributed by atoms with van der Waals surface area (Å²) < 4.78 is 27.5. The standard InChI is InChI=1S/C16H16N2O3S/c1-10-3-5-13(7-11(10)2)18-22(20,21)14-6-4-12-8-16(19)17-15(12)9-14/h3-7,9,18H,8H2,1-2H3,(H,17,19). The molecule has 1 amide bonds. The Labute approximate surface area is 129 Å². The van der Waals surface area contributed by atoms with Crippen LogP contribution >= 0.6 is 0 Å². The number of nitrogens with one attached hydrogen (secondary N) is 2. The summed E-state index contributed by atoms with van der Waals surface area (Å²) in [4.78, 5) is 11.5. The van der Waals surface area contributed by atoms with Gasteiger partial charge in [0.25, 0.3) is 10.0 Å². The molecule has 0 saturated carbocycles. The summed E-state index contributed by atoms with van der Waals surface area (Å²) in [6.45, 7) is 3.90. The lowest BCUT2D eigenvalue weighted by molar-refractivity contribution is -0.115. The van der Waals surface area contributed by atoms with E-state index in [9.17, 15) is 13.2 Å². The topological polar surface area (TPSA) is 75.3 Å². The molecular weight excluding hydrogens is 300 g/mol. The highest BCUT2D eigenvalue weighted by Gasteiger charge is 2.21. The number of anilines is 2. The summed E-state index contributed by atoms with van der Waals surface area (Å²) in [5.41, 5.74) is 4.01. The molecule has 0 spiro atoms. The number of carbonyl (C=O) groups is 1. The van der Waals surface area contributed by atoms with E-state index in [1.807, 2.05) is 19.9 Å². The van der Waals surface area contributed by atoms with Crippen molar-refractivity contribution in [1.29, 1.82) is 0 Å². The third-order valence-electron chi connectivity index (χ3n) is 3.78. The van der Waals surface area contributed by atoms with Crippen LogP contribution in [0, 0.1) is 13.8 Å². The molecule has 0 fully saturated rings. The lowest BCUT2D eigenvalue weighted by Crippen LogP contribution is -2.13. The lowest BCUT2D eigenvalue weighted by atomic mass is 10.1. The van der Waals surface area contributed by atoms with Crippen LogP contribution in [0.3, 0.4) is 0 Å². The van der Waals surface area contributed by atoms with Gasteiger partial charge in [0, 0.05) is 11.4 Å². The summed E-state index contributed by atoms with van der Waals surface area (Å²) >= 11 is 0. The number of hydrogen-bond acceptors (Lipinski definition) is 3. The quantitative estimate of drug-likeness (QED) is 0.914. The maximum absolute atomic E-state index is 12.5. The van der Waals surface area contributed by atoms with Crippen LogP contribution in [-0.2, 0) is 21.2 Å². The third kappa shape index (κ3) is 2.69. The number of sulfonamides is 1. The number of benzene rings is 2. The largest absolute Gasteiger partial charge is 0.325 e. The minimum atomic E-state index is -3.68. The first kappa shape index (κ1) is 14.6. The van der Waals surface area contributed by atoms with E-state index in [0.717, 1.165) is 16.7 Å². The van der Waals surface area contributed by atoms with E-state index in [4.69, 9.17) is 0 Å². The fourth-order valence-electron chi connectivity index (χ4n) is 2.38. The number of fused-ring (bicyclic) bond motifs is 1. The molecule has 1 aliphatic heterocycles. The van der Waals surface area contributed by atoms with Crippen LogP contribution in [0.25, 0.3) is 0 Å².